The average Bonchev–Trinajstić information content (AvgIpc) is 2.77. The predicted octanol–water partition coefficient (Wildman–Crippen LogP) is 6.81. The standard InChI is InChI=1S/C27H35ClN2O2/c1-6-24(15-20(3)26-18-30-29-17-21(26)4)19(2)9-7-8-14-32-27(22(5)31)16-23-10-12-25(28)13-11-23/h10-13,15,17-19,27H,3,6-9,14,16H2,1-2,4-5H3/b24-15+. The Labute approximate surface area is 197 Å². The Morgan fingerprint density at radius 3 is 2.50 bits per heavy atom. The van der Waals surface area contributed by atoms with Crippen LogP contribution in [0.3, 0.4) is 0 Å². The van der Waals surface area contributed by atoms with Crippen molar-refractivity contribution in [3.05, 3.63) is 76.6 Å². The highest BCUT2D eigenvalue weighted by Gasteiger charge is 2.16. The molecule has 2 unspecified atom stereocenters. The number of Topliss-reactive ketones (excluding diaryl/α,β-unsaturated/α-hetero) is 1. The van der Waals surface area contributed by atoms with Crippen molar-refractivity contribution in [2.24, 2.45) is 5.92 Å². The maximum atomic E-state index is 12.0. The van der Waals surface area contributed by atoms with E-state index in [-0.39, 0.29) is 5.78 Å². The fourth-order valence-electron chi connectivity index (χ4n) is 3.73. The smallest absolute Gasteiger partial charge is 0.158 e. The SMILES string of the molecule is C=C(/C=C(\CC)C(C)CCCCOC(Cc1ccc(Cl)cc1)C(C)=O)c1cnncc1C. The van der Waals surface area contributed by atoms with E-state index >= 15 is 0 Å². The average molecular weight is 455 g/mol. The third-order valence-electron chi connectivity index (χ3n) is 5.81. The summed E-state index contributed by atoms with van der Waals surface area (Å²) >= 11 is 5.94. The number of benzene rings is 1. The number of ketones is 1. The molecule has 0 radical (unpaired) electrons. The van der Waals surface area contributed by atoms with Crippen molar-refractivity contribution in [3.8, 4) is 0 Å². The summed E-state index contributed by atoms with van der Waals surface area (Å²) < 4.78 is 5.92. The van der Waals surface area contributed by atoms with Crippen LogP contribution in [-0.2, 0) is 16.0 Å². The molecule has 0 saturated heterocycles. The van der Waals surface area contributed by atoms with E-state index in [4.69, 9.17) is 16.3 Å². The number of hydrogen-bond acceptors (Lipinski definition) is 4. The second-order valence-electron chi connectivity index (χ2n) is 8.38. The van der Waals surface area contributed by atoms with Gasteiger partial charge in [0.1, 0.15) is 6.10 Å². The largest absolute Gasteiger partial charge is 0.370 e. The van der Waals surface area contributed by atoms with Gasteiger partial charge in [-0.15, -0.1) is 0 Å². The lowest BCUT2D eigenvalue weighted by molar-refractivity contribution is -0.128. The first-order valence-corrected chi connectivity index (χ1v) is 11.7. The zero-order valence-electron chi connectivity index (χ0n) is 19.7. The number of carbonyl (C=O) groups excluding carboxylic acids is 1. The molecule has 0 aliphatic rings. The molecule has 1 heterocycles. The Morgan fingerprint density at radius 2 is 1.88 bits per heavy atom. The molecule has 0 N–H and O–H groups in total. The van der Waals surface area contributed by atoms with Crippen molar-refractivity contribution in [2.75, 3.05) is 6.61 Å². The molecular formula is C27H35ClN2O2. The van der Waals surface area contributed by atoms with Crippen molar-refractivity contribution in [3.63, 3.8) is 0 Å². The van der Waals surface area contributed by atoms with Gasteiger partial charge in [-0.1, -0.05) is 62.2 Å². The fraction of sp³-hybridized carbons (Fsp3) is 0.444. The molecule has 0 bridgehead atoms. The van der Waals surface area contributed by atoms with Crippen molar-refractivity contribution in [2.45, 2.75) is 65.9 Å². The Hall–Kier alpha value is -2.30. The summed E-state index contributed by atoms with van der Waals surface area (Å²) in [5, 5.41) is 8.60. The molecular weight excluding hydrogens is 420 g/mol. The number of halogens is 1. The van der Waals surface area contributed by atoms with Gasteiger partial charge in [0.2, 0.25) is 0 Å². The number of nitrogens with zero attached hydrogens (tertiary/aromatic N) is 2. The molecule has 1 aromatic carbocycles. The quantitative estimate of drug-likeness (QED) is 0.246. The van der Waals surface area contributed by atoms with Gasteiger partial charge in [-0.2, -0.15) is 10.2 Å². The van der Waals surface area contributed by atoms with Gasteiger partial charge >= 0.3 is 0 Å². The van der Waals surface area contributed by atoms with Gasteiger partial charge in [-0.25, -0.2) is 0 Å². The van der Waals surface area contributed by atoms with E-state index in [0.717, 1.165) is 47.9 Å². The number of hydrogen-bond donors (Lipinski definition) is 0. The molecule has 2 atom stereocenters. The second-order valence-corrected chi connectivity index (χ2v) is 8.82. The van der Waals surface area contributed by atoms with Crippen LogP contribution in [0.2, 0.25) is 5.02 Å². The van der Waals surface area contributed by atoms with Gasteiger partial charge < -0.3 is 4.74 Å². The van der Waals surface area contributed by atoms with E-state index in [1.165, 1.54) is 5.57 Å². The van der Waals surface area contributed by atoms with Gasteiger partial charge in [0.05, 0.1) is 12.4 Å². The highest BCUT2D eigenvalue weighted by atomic mass is 35.5. The van der Waals surface area contributed by atoms with Crippen LogP contribution in [0.4, 0.5) is 0 Å². The van der Waals surface area contributed by atoms with Crippen LogP contribution >= 0.6 is 11.6 Å². The summed E-state index contributed by atoms with van der Waals surface area (Å²) in [7, 11) is 0. The molecule has 4 nitrogen and oxygen atoms in total. The fourth-order valence-corrected chi connectivity index (χ4v) is 3.86. The van der Waals surface area contributed by atoms with Crippen LogP contribution in [-0.4, -0.2) is 28.7 Å². The van der Waals surface area contributed by atoms with Crippen LogP contribution in [0, 0.1) is 12.8 Å². The number of aryl methyl sites for hydroxylation is 1. The van der Waals surface area contributed by atoms with E-state index in [1.807, 2.05) is 31.2 Å². The molecule has 2 aromatic rings. The summed E-state index contributed by atoms with van der Waals surface area (Å²) in [6.45, 7) is 12.9. The van der Waals surface area contributed by atoms with Crippen molar-refractivity contribution in [1.82, 2.24) is 10.2 Å². The molecule has 2 rings (SSSR count). The van der Waals surface area contributed by atoms with Crippen LogP contribution in [0.5, 0.6) is 0 Å². The van der Waals surface area contributed by atoms with Crippen molar-refractivity contribution < 1.29 is 9.53 Å². The van der Waals surface area contributed by atoms with Crippen LogP contribution in [0.25, 0.3) is 5.57 Å². The van der Waals surface area contributed by atoms with Gasteiger partial charge in [-0.05, 0) is 67.9 Å². The van der Waals surface area contributed by atoms with Gasteiger partial charge in [-0.3, -0.25) is 4.79 Å². The minimum absolute atomic E-state index is 0.0592. The maximum Gasteiger partial charge on any atom is 0.158 e. The van der Waals surface area contributed by atoms with E-state index in [1.54, 1.807) is 19.3 Å². The summed E-state index contributed by atoms with van der Waals surface area (Å²) in [6.07, 6.45) is 9.96. The Balaban J connectivity index is 1.80. The summed E-state index contributed by atoms with van der Waals surface area (Å²) in [5.74, 6) is 0.522. The normalized spacial score (nSPS) is 13.6. The van der Waals surface area contributed by atoms with E-state index in [9.17, 15) is 4.79 Å². The van der Waals surface area contributed by atoms with Crippen molar-refractivity contribution in [1.29, 1.82) is 0 Å². The monoisotopic (exact) mass is 454 g/mol. The number of aromatic nitrogens is 2. The first kappa shape index (κ1) is 26.0. The summed E-state index contributed by atoms with van der Waals surface area (Å²) in [6, 6.07) is 7.57. The number of ether oxygens (including phenoxy) is 1. The molecule has 0 saturated carbocycles. The number of allylic oxidation sites excluding steroid dienone is 3. The van der Waals surface area contributed by atoms with Crippen molar-refractivity contribution >= 4 is 23.0 Å². The van der Waals surface area contributed by atoms with E-state index < -0.39 is 6.10 Å². The Kier molecular flexibility index (Phi) is 10.8. The molecule has 172 valence electrons. The lowest BCUT2D eigenvalue weighted by Crippen LogP contribution is -2.25. The predicted molar refractivity (Wildman–Crippen MR) is 133 cm³/mol. The summed E-state index contributed by atoms with van der Waals surface area (Å²) in [4.78, 5) is 12.0. The zero-order valence-corrected chi connectivity index (χ0v) is 20.5. The zero-order chi connectivity index (χ0) is 23.5. The number of carbonyl (C=O) groups is 1. The van der Waals surface area contributed by atoms with Gasteiger partial charge in [0.15, 0.2) is 5.78 Å². The third kappa shape index (κ3) is 8.33. The number of rotatable bonds is 13. The lowest BCUT2D eigenvalue weighted by Gasteiger charge is -2.17. The van der Waals surface area contributed by atoms with Gasteiger partial charge in [0.25, 0.3) is 0 Å². The van der Waals surface area contributed by atoms with E-state index in [0.29, 0.717) is 24.0 Å². The molecule has 0 spiro atoms. The molecule has 0 aliphatic carbocycles. The lowest BCUT2D eigenvalue weighted by atomic mass is 9.90. The van der Waals surface area contributed by atoms with Crippen LogP contribution in [0.15, 0.2) is 54.9 Å². The first-order valence-electron chi connectivity index (χ1n) is 11.3. The maximum absolute atomic E-state index is 12.0. The van der Waals surface area contributed by atoms with Crippen LogP contribution < -0.4 is 0 Å². The van der Waals surface area contributed by atoms with E-state index in [2.05, 4.69) is 36.7 Å². The minimum Gasteiger partial charge on any atom is -0.370 e. The highest BCUT2D eigenvalue weighted by Crippen LogP contribution is 2.26. The second kappa shape index (κ2) is 13.3. The van der Waals surface area contributed by atoms with Crippen LogP contribution in [0.1, 0.15) is 63.1 Å². The first-order chi connectivity index (χ1) is 15.3. The Morgan fingerprint density at radius 1 is 1.19 bits per heavy atom. The summed E-state index contributed by atoms with van der Waals surface area (Å²) in [5.41, 5.74) is 5.55. The Bertz CT molecular complexity index is 922. The van der Waals surface area contributed by atoms with Gasteiger partial charge in [0, 0.05) is 23.6 Å². The molecule has 0 aliphatic heterocycles. The highest BCUT2D eigenvalue weighted by molar-refractivity contribution is 6.30. The number of unbranched alkanes of at least 4 members (excludes halogenated alkanes) is 1. The molecule has 32 heavy (non-hydrogen) atoms. The topological polar surface area (TPSA) is 52.1 Å². The molecule has 1 aromatic heterocycles. The molecule has 0 fully saturated rings. The molecule has 5 heteroatoms. The third-order valence-corrected chi connectivity index (χ3v) is 6.07. The molecule has 0 amide bonds. The minimum atomic E-state index is -0.403.